The van der Waals surface area contributed by atoms with Crippen LogP contribution in [0.2, 0.25) is 0 Å². The van der Waals surface area contributed by atoms with Gasteiger partial charge < -0.3 is 5.73 Å². The molecule has 2 N–H and O–H groups in total. The number of pyridine rings is 1. The van der Waals surface area contributed by atoms with E-state index in [1.807, 2.05) is 20.8 Å². The van der Waals surface area contributed by atoms with Gasteiger partial charge in [-0.3, -0.25) is 0 Å². The van der Waals surface area contributed by atoms with E-state index in [-0.39, 0.29) is 5.41 Å². The normalized spacial score (nSPS) is 11.1. The zero-order valence-corrected chi connectivity index (χ0v) is 10.0. The van der Waals surface area contributed by atoms with Crippen molar-refractivity contribution in [1.29, 1.82) is 5.26 Å². The Kier molecular flexibility index (Phi) is 2.81. The molecule has 0 atom stereocenters. The predicted molar refractivity (Wildman–Crippen MR) is 59.8 cm³/mol. The molecule has 0 aliphatic heterocycles. The summed E-state index contributed by atoms with van der Waals surface area (Å²) < 4.78 is 0.829. The van der Waals surface area contributed by atoms with E-state index in [0.29, 0.717) is 11.4 Å². The number of nitrogens with zero attached hydrogens (tertiary/aromatic N) is 2. The Bertz CT molecular complexity index is 399. The molecule has 0 aliphatic rings. The van der Waals surface area contributed by atoms with E-state index >= 15 is 0 Å². The summed E-state index contributed by atoms with van der Waals surface area (Å²) in [6.45, 7) is 6.11. The van der Waals surface area contributed by atoms with E-state index in [9.17, 15) is 0 Å². The summed E-state index contributed by atoms with van der Waals surface area (Å²) in [7, 11) is 0. The van der Waals surface area contributed by atoms with E-state index < -0.39 is 0 Å². The van der Waals surface area contributed by atoms with Gasteiger partial charge in [0, 0.05) is 10.7 Å². The number of rotatable bonds is 0. The quantitative estimate of drug-likeness (QED) is 0.773. The van der Waals surface area contributed by atoms with Crippen molar-refractivity contribution in [3.05, 3.63) is 21.8 Å². The van der Waals surface area contributed by atoms with E-state index in [2.05, 4.69) is 27.0 Å². The Morgan fingerprint density at radius 1 is 1.50 bits per heavy atom. The van der Waals surface area contributed by atoms with Crippen LogP contribution in [0.5, 0.6) is 0 Å². The Morgan fingerprint density at radius 2 is 2.07 bits per heavy atom. The topological polar surface area (TPSA) is 62.7 Å². The van der Waals surface area contributed by atoms with Crippen molar-refractivity contribution in [1.82, 2.24) is 4.98 Å². The molecule has 74 valence electrons. The first-order valence-electron chi connectivity index (χ1n) is 4.22. The highest BCUT2D eigenvalue weighted by molar-refractivity contribution is 9.10. The van der Waals surface area contributed by atoms with Crippen LogP contribution in [0.3, 0.4) is 0 Å². The van der Waals surface area contributed by atoms with Gasteiger partial charge in [0.2, 0.25) is 0 Å². The maximum atomic E-state index is 9.00. The lowest BCUT2D eigenvalue weighted by molar-refractivity contribution is 0.584. The summed E-state index contributed by atoms with van der Waals surface area (Å²) in [5, 5.41) is 9.00. The van der Waals surface area contributed by atoms with Gasteiger partial charge in [-0.1, -0.05) is 20.8 Å². The Hall–Kier alpha value is -1.08. The molecule has 0 fully saturated rings. The summed E-state index contributed by atoms with van der Waals surface area (Å²) in [4.78, 5) is 3.93. The van der Waals surface area contributed by atoms with Crippen LogP contribution in [0.4, 0.5) is 5.82 Å². The molecule has 14 heavy (non-hydrogen) atoms. The molecular formula is C10H12BrN3. The molecule has 0 bridgehead atoms. The first-order valence-corrected chi connectivity index (χ1v) is 5.01. The molecular weight excluding hydrogens is 242 g/mol. The number of nitrogen functional groups attached to an aromatic ring is 1. The minimum Gasteiger partial charge on any atom is -0.383 e. The minimum atomic E-state index is -0.124. The van der Waals surface area contributed by atoms with Crippen molar-refractivity contribution in [2.24, 2.45) is 0 Å². The highest BCUT2D eigenvalue weighted by Gasteiger charge is 2.23. The van der Waals surface area contributed by atoms with Crippen LogP contribution >= 0.6 is 15.9 Å². The Morgan fingerprint density at radius 3 is 2.43 bits per heavy atom. The van der Waals surface area contributed by atoms with Gasteiger partial charge in [-0.2, -0.15) is 5.26 Å². The zero-order valence-electron chi connectivity index (χ0n) is 8.43. The summed E-state index contributed by atoms with van der Waals surface area (Å²) >= 11 is 3.39. The van der Waals surface area contributed by atoms with Gasteiger partial charge in [0.15, 0.2) is 0 Å². The van der Waals surface area contributed by atoms with Gasteiger partial charge in [0.25, 0.3) is 0 Å². The van der Waals surface area contributed by atoms with Crippen LogP contribution in [-0.2, 0) is 5.41 Å². The van der Waals surface area contributed by atoms with Crippen molar-refractivity contribution >= 4 is 21.7 Å². The van der Waals surface area contributed by atoms with E-state index in [0.717, 1.165) is 10.0 Å². The highest BCUT2D eigenvalue weighted by Crippen LogP contribution is 2.33. The Labute approximate surface area is 92.1 Å². The first kappa shape index (κ1) is 11.0. The molecule has 0 radical (unpaired) electrons. The van der Waals surface area contributed by atoms with Gasteiger partial charge in [-0.05, 0) is 26.9 Å². The summed E-state index contributed by atoms with van der Waals surface area (Å²) in [5.74, 6) is 0.292. The van der Waals surface area contributed by atoms with Crippen molar-refractivity contribution in [2.45, 2.75) is 26.2 Å². The SMILES string of the molecule is CC(C)(C)c1c(Br)cnc(N)c1C#N. The average molecular weight is 254 g/mol. The molecule has 1 aromatic heterocycles. The fourth-order valence-electron chi connectivity index (χ4n) is 1.35. The van der Waals surface area contributed by atoms with Crippen LogP contribution < -0.4 is 5.73 Å². The molecule has 0 aliphatic carbocycles. The number of nitriles is 1. The third-order valence-electron chi connectivity index (χ3n) is 1.92. The van der Waals surface area contributed by atoms with Crippen molar-refractivity contribution in [3.8, 4) is 6.07 Å². The Balaban J connectivity index is 3.56. The van der Waals surface area contributed by atoms with E-state index in [1.54, 1.807) is 6.20 Å². The summed E-state index contributed by atoms with van der Waals surface area (Å²) in [6, 6.07) is 2.09. The second-order valence-electron chi connectivity index (χ2n) is 4.10. The molecule has 0 saturated heterocycles. The maximum absolute atomic E-state index is 9.00. The maximum Gasteiger partial charge on any atom is 0.141 e. The molecule has 0 unspecified atom stereocenters. The van der Waals surface area contributed by atoms with Gasteiger partial charge in [-0.25, -0.2) is 4.98 Å². The summed E-state index contributed by atoms with van der Waals surface area (Å²) in [5.41, 5.74) is 6.89. The second kappa shape index (κ2) is 3.58. The molecule has 0 saturated carbocycles. The highest BCUT2D eigenvalue weighted by atomic mass is 79.9. The average Bonchev–Trinajstić information content (AvgIpc) is 2.06. The number of nitrogens with two attached hydrogens (primary N) is 1. The molecule has 3 nitrogen and oxygen atoms in total. The lowest BCUT2D eigenvalue weighted by atomic mass is 9.84. The number of hydrogen-bond acceptors (Lipinski definition) is 3. The molecule has 1 aromatic rings. The lowest BCUT2D eigenvalue weighted by Gasteiger charge is -2.22. The van der Waals surface area contributed by atoms with Gasteiger partial charge in [0.05, 0.1) is 5.56 Å². The number of halogens is 1. The van der Waals surface area contributed by atoms with Gasteiger partial charge in [0.1, 0.15) is 11.9 Å². The third kappa shape index (κ3) is 1.88. The third-order valence-corrected chi connectivity index (χ3v) is 2.53. The molecule has 0 amide bonds. The van der Waals surface area contributed by atoms with Crippen LogP contribution in [0.1, 0.15) is 31.9 Å². The number of hydrogen-bond donors (Lipinski definition) is 1. The molecule has 0 spiro atoms. The van der Waals surface area contributed by atoms with Crippen molar-refractivity contribution < 1.29 is 0 Å². The van der Waals surface area contributed by atoms with Crippen LogP contribution in [0.25, 0.3) is 0 Å². The van der Waals surface area contributed by atoms with E-state index in [1.165, 1.54) is 0 Å². The second-order valence-corrected chi connectivity index (χ2v) is 4.96. The number of anilines is 1. The monoisotopic (exact) mass is 253 g/mol. The smallest absolute Gasteiger partial charge is 0.141 e. The summed E-state index contributed by atoms with van der Waals surface area (Å²) in [6.07, 6.45) is 1.64. The van der Waals surface area contributed by atoms with Crippen molar-refractivity contribution in [2.75, 3.05) is 5.73 Å². The van der Waals surface area contributed by atoms with Crippen LogP contribution in [0, 0.1) is 11.3 Å². The van der Waals surface area contributed by atoms with Crippen LogP contribution in [0.15, 0.2) is 10.7 Å². The number of aromatic nitrogens is 1. The lowest BCUT2D eigenvalue weighted by Crippen LogP contribution is -2.16. The predicted octanol–water partition coefficient (Wildman–Crippen LogP) is 2.60. The molecule has 1 heterocycles. The van der Waals surface area contributed by atoms with Gasteiger partial charge in [-0.15, -0.1) is 0 Å². The van der Waals surface area contributed by atoms with Gasteiger partial charge >= 0.3 is 0 Å². The fourth-order valence-corrected chi connectivity index (χ4v) is 2.24. The van der Waals surface area contributed by atoms with Crippen LogP contribution in [-0.4, -0.2) is 4.98 Å². The minimum absolute atomic E-state index is 0.124. The standard InChI is InChI=1S/C10H12BrN3/c1-10(2,3)8-6(4-12)9(13)14-5-7(8)11/h5H,1-3H3,(H2,13,14). The molecule has 1 rings (SSSR count). The zero-order chi connectivity index (χ0) is 10.9. The fraction of sp³-hybridized carbons (Fsp3) is 0.400. The van der Waals surface area contributed by atoms with E-state index in [4.69, 9.17) is 11.0 Å². The molecule has 0 aromatic carbocycles. The largest absolute Gasteiger partial charge is 0.383 e. The first-order chi connectivity index (χ1) is 6.38. The molecule has 4 heteroatoms. The van der Waals surface area contributed by atoms with Crippen molar-refractivity contribution in [3.63, 3.8) is 0 Å².